The summed E-state index contributed by atoms with van der Waals surface area (Å²) in [4.78, 5) is 13.7. The molecule has 3 rings (SSSR count). The highest BCUT2D eigenvalue weighted by Gasteiger charge is 2.14. The topological polar surface area (TPSA) is 56.1 Å². The van der Waals surface area contributed by atoms with Gasteiger partial charge in [0.15, 0.2) is 6.19 Å². The number of carbonyl (C=O) groups excluding carboxylic acids is 1. The molecule has 0 aromatic heterocycles. The van der Waals surface area contributed by atoms with Gasteiger partial charge in [-0.15, -0.1) is 0 Å². The number of amides is 1. The van der Waals surface area contributed by atoms with Crippen molar-refractivity contribution in [3.8, 4) is 6.19 Å². The van der Waals surface area contributed by atoms with Crippen LogP contribution >= 0.6 is 0 Å². The molecule has 25 heavy (non-hydrogen) atoms. The molecule has 0 aliphatic heterocycles. The molecule has 0 spiro atoms. The molecule has 0 saturated heterocycles. The van der Waals surface area contributed by atoms with Gasteiger partial charge in [-0.1, -0.05) is 54.6 Å². The number of nitrogens with one attached hydrogen (secondary N) is 1. The lowest BCUT2D eigenvalue weighted by molar-refractivity contribution is -0.120. The molecule has 0 heterocycles. The first-order valence-electron chi connectivity index (χ1n) is 8.18. The molecule has 124 valence electrons. The third-order valence-corrected chi connectivity index (χ3v) is 4.14. The van der Waals surface area contributed by atoms with Crippen LogP contribution in [0.1, 0.15) is 18.5 Å². The van der Waals surface area contributed by atoms with Gasteiger partial charge >= 0.3 is 0 Å². The fourth-order valence-corrected chi connectivity index (χ4v) is 2.78. The summed E-state index contributed by atoms with van der Waals surface area (Å²) in [6.45, 7) is 1.94. The van der Waals surface area contributed by atoms with E-state index in [2.05, 4.69) is 35.8 Å². The third kappa shape index (κ3) is 3.96. The van der Waals surface area contributed by atoms with Crippen LogP contribution < -0.4 is 10.2 Å². The number of anilines is 1. The van der Waals surface area contributed by atoms with Crippen molar-refractivity contribution in [2.24, 2.45) is 0 Å². The Bertz CT molecular complexity index is 915. The van der Waals surface area contributed by atoms with Crippen molar-refractivity contribution in [1.82, 2.24) is 5.32 Å². The van der Waals surface area contributed by atoms with Crippen LogP contribution in [-0.4, -0.2) is 12.5 Å². The van der Waals surface area contributed by atoms with Crippen molar-refractivity contribution in [1.29, 1.82) is 5.26 Å². The minimum absolute atomic E-state index is 0.00155. The predicted octanol–water partition coefficient (Wildman–Crippen LogP) is 4.00. The van der Waals surface area contributed by atoms with Gasteiger partial charge in [0, 0.05) is 0 Å². The Labute approximate surface area is 147 Å². The molecule has 3 aromatic carbocycles. The molecular formula is C21H19N3O. The summed E-state index contributed by atoms with van der Waals surface area (Å²) in [6, 6.07) is 23.3. The SMILES string of the molecule is C[C@@H](NC(=O)CN(C#N)c1ccccc1)c1ccc2ccccc2c1. The molecule has 1 amide bonds. The number of benzene rings is 3. The Hall–Kier alpha value is -3.32. The normalized spacial score (nSPS) is 11.5. The number of nitrogens with zero attached hydrogens (tertiary/aromatic N) is 2. The van der Waals surface area contributed by atoms with E-state index >= 15 is 0 Å². The van der Waals surface area contributed by atoms with Crippen LogP contribution in [0, 0.1) is 11.5 Å². The van der Waals surface area contributed by atoms with Gasteiger partial charge in [0.2, 0.25) is 5.91 Å². The first-order chi connectivity index (χ1) is 12.2. The van der Waals surface area contributed by atoms with Crippen LogP contribution in [0.15, 0.2) is 72.8 Å². The maximum atomic E-state index is 12.3. The molecule has 0 saturated carbocycles. The zero-order valence-corrected chi connectivity index (χ0v) is 14.0. The van der Waals surface area contributed by atoms with Crippen molar-refractivity contribution in [3.05, 3.63) is 78.4 Å². The standard InChI is InChI=1S/C21H19N3O/c1-16(18-12-11-17-7-5-6-8-19(17)13-18)23-21(25)14-24(15-22)20-9-3-2-4-10-20/h2-13,16H,14H2,1H3,(H,23,25)/t16-/m1/s1. The third-order valence-electron chi connectivity index (χ3n) is 4.14. The molecule has 0 fully saturated rings. The average molecular weight is 329 g/mol. The minimum atomic E-state index is -0.189. The van der Waals surface area contributed by atoms with Crippen molar-refractivity contribution < 1.29 is 4.79 Å². The van der Waals surface area contributed by atoms with E-state index in [9.17, 15) is 10.1 Å². The number of nitriles is 1. The summed E-state index contributed by atoms with van der Waals surface area (Å²) < 4.78 is 0. The van der Waals surface area contributed by atoms with Crippen LogP contribution in [0.25, 0.3) is 10.8 Å². The molecule has 0 aliphatic rings. The molecular weight excluding hydrogens is 310 g/mol. The van der Waals surface area contributed by atoms with Gasteiger partial charge in [0.05, 0.1) is 11.7 Å². The number of para-hydroxylation sites is 1. The van der Waals surface area contributed by atoms with Crippen molar-refractivity contribution >= 4 is 22.4 Å². The number of hydrogen-bond acceptors (Lipinski definition) is 3. The summed E-state index contributed by atoms with van der Waals surface area (Å²) >= 11 is 0. The maximum absolute atomic E-state index is 12.3. The van der Waals surface area contributed by atoms with E-state index in [1.54, 1.807) is 0 Å². The van der Waals surface area contributed by atoms with Crippen molar-refractivity contribution in [3.63, 3.8) is 0 Å². The van der Waals surface area contributed by atoms with Gasteiger partial charge < -0.3 is 5.32 Å². The van der Waals surface area contributed by atoms with Crippen molar-refractivity contribution in [2.45, 2.75) is 13.0 Å². The molecule has 0 radical (unpaired) electrons. The largest absolute Gasteiger partial charge is 0.348 e. The molecule has 4 nitrogen and oxygen atoms in total. The molecule has 1 N–H and O–H groups in total. The van der Waals surface area contributed by atoms with Crippen LogP contribution in [0.3, 0.4) is 0 Å². The maximum Gasteiger partial charge on any atom is 0.241 e. The van der Waals surface area contributed by atoms with E-state index in [1.807, 2.05) is 55.5 Å². The van der Waals surface area contributed by atoms with Crippen LogP contribution in [-0.2, 0) is 4.79 Å². The number of carbonyl (C=O) groups is 1. The average Bonchev–Trinajstić information content (AvgIpc) is 2.66. The van der Waals surface area contributed by atoms with E-state index in [1.165, 1.54) is 10.3 Å². The summed E-state index contributed by atoms with van der Waals surface area (Å²) in [5.41, 5.74) is 1.74. The Balaban J connectivity index is 1.68. The minimum Gasteiger partial charge on any atom is -0.348 e. The van der Waals surface area contributed by atoms with Gasteiger partial charge in [-0.3, -0.25) is 9.69 Å². The van der Waals surface area contributed by atoms with Gasteiger partial charge in [-0.25, -0.2) is 0 Å². The second kappa shape index (κ2) is 7.50. The Morgan fingerprint density at radius 1 is 1.04 bits per heavy atom. The quantitative estimate of drug-likeness (QED) is 0.568. The van der Waals surface area contributed by atoms with Gasteiger partial charge in [0.25, 0.3) is 0 Å². The van der Waals surface area contributed by atoms with E-state index < -0.39 is 0 Å². The summed E-state index contributed by atoms with van der Waals surface area (Å²) in [7, 11) is 0. The summed E-state index contributed by atoms with van der Waals surface area (Å²) in [5, 5.41) is 14.6. The predicted molar refractivity (Wildman–Crippen MR) is 99.9 cm³/mol. The Morgan fingerprint density at radius 3 is 2.44 bits per heavy atom. The fraction of sp³-hybridized carbons (Fsp3) is 0.143. The lowest BCUT2D eigenvalue weighted by atomic mass is 10.0. The van der Waals surface area contributed by atoms with E-state index in [-0.39, 0.29) is 18.5 Å². The lowest BCUT2D eigenvalue weighted by Crippen LogP contribution is -2.36. The van der Waals surface area contributed by atoms with Crippen molar-refractivity contribution in [2.75, 3.05) is 11.4 Å². The highest BCUT2D eigenvalue weighted by atomic mass is 16.2. The second-order valence-electron chi connectivity index (χ2n) is 5.92. The van der Waals surface area contributed by atoms with E-state index in [4.69, 9.17) is 0 Å². The molecule has 1 atom stereocenters. The molecule has 3 aromatic rings. The molecule has 4 heteroatoms. The highest BCUT2D eigenvalue weighted by molar-refractivity contribution is 5.84. The molecule has 0 unspecified atom stereocenters. The Kier molecular flexibility index (Phi) is 4.96. The van der Waals surface area contributed by atoms with E-state index in [0.29, 0.717) is 5.69 Å². The Morgan fingerprint density at radius 2 is 1.72 bits per heavy atom. The monoisotopic (exact) mass is 329 g/mol. The first kappa shape index (κ1) is 16.5. The summed E-state index contributed by atoms with van der Waals surface area (Å²) in [6.07, 6.45) is 2.06. The van der Waals surface area contributed by atoms with Crippen LogP contribution in [0.4, 0.5) is 5.69 Å². The van der Waals surface area contributed by atoms with Gasteiger partial charge in [0.1, 0.15) is 6.54 Å². The zero-order valence-electron chi connectivity index (χ0n) is 14.0. The fourth-order valence-electron chi connectivity index (χ4n) is 2.78. The van der Waals surface area contributed by atoms with Crippen LogP contribution in [0.2, 0.25) is 0 Å². The molecule has 0 aliphatic carbocycles. The van der Waals surface area contributed by atoms with Gasteiger partial charge in [-0.2, -0.15) is 5.26 Å². The zero-order chi connectivity index (χ0) is 17.6. The second-order valence-corrected chi connectivity index (χ2v) is 5.92. The highest BCUT2D eigenvalue weighted by Crippen LogP contribution is 2.20. The number of rotatable bonds is 5. The smallest absolute Gasteiger partial charge is 0.241 e. The first-order valence-corrected chi connectivity index (χ1v) is 8.18. The number of hydrogen-bond donors (Lipinski definition) is 1. The summed E-state index contributed by atoms with van der Waals surface area (Å²) in [5.74, 6) is -0.189. The number of fused-ring (bicyclic) bond motifs is 1. The lowest BCUT2D eigenvalue weighted by Gasteiger charge is -2.19. The van der Waals surface area contributed by atoms with E-state index in [0.717, 1.165) is 10.9 Å². The van der Waals surface area contributed by atoms with Crippen LogP contribution in [0.5, 0.6) is 0 Å². The molecule has 0 bridgehead atoms. The van der Waals surface area contributed by atoms with Gasteiger partial charge in [-0.05, 0) is 41.5 Å².